The number of nitrogens with zero attached hydrogens (tertiary/aromatic N) is 1. The zero-order valence-electron chi connectivity index (χ0n) is 9.27. The Balaban J connectivity index is 2.75. The first-order valence-corrected chi connectivity index (χ1v) is 5.01. The summed E-state index contributed by atoms with van der Waals surface area (Å²) < 4.78 is 0. The van der Waals surface area contributed by atoms with Crippen molar-refractivity contribution >= 4 is 11.9 Å². The van der Waals surface area contributed by atoms with Gasteiger partial charge in [0.25, 0.3) is 0 Å². The van der Waals surface area contributed by atoms with Crippen molar-refractivity contribution in [3.63, 3.8) is 0 Å². The van der Waals surface area contributed by atoms with Gasteiger partial charge in [-0.05, 0) is 18.8 Å². The first-order chi connectivity index (χ1) is 6.97. The highest BCUT2D eigenvalue weighted by molar-refractivity contribution is 5.84. The minimum atomic E-state index is -0.887. The number of carboxylic acid groups (broad SMARTS) is 1. The van der Waals surface area contributed by atoms with E-state index in [1.54, 1.807) is 0 Å². The zero-order valence-corrected chi connectivity index (χ0v) is 9.27. The van der Waals surface area contributed by atoms with Gasteiger partial charge in [-0.25, -0.2) is 5.06 Å². The van der Waals surface area contributed by atoms with Crippen molar-refractivity contribution in [2.45, 2.75) is 19.8 Å². The molecule has 15 heavy (non-hydrogen) atoms. The lowest BCUT2D eigenvalue weighted by molar-refractivity contribution is -0.176. The highest BCUT2D eigenvalue weighted by atomic mass is 16.7. The number of carbonyl (C=O) groups is 2. The summed E-state index contributed by atoms with van der Waals surface area (Å²) in [5.41, 5.74) is 0. The summed E-state index contributed by atoms with van der Waals surface area (Å²) in [4.78, 5) is 27.5. The van der Waals surface area contributed by atoms with Crippen LogP contribution in [-0.4, -0.2) is 36.2 Å². The molecule has 1 aliphatic carbocycles. The second-order valence-corrected chi connectivity index (χ2v) is 4.15. The SMILES string of the molecule is CON(C)C(=O)C1CC(C)CC1C(=O)O. The van der Waals surface area contributed by atoms with E-state index in [4.69, 9.17) is 9.94 Å². The standard InChI is InChI=1S/C10H17NO4/c1-6-4-7(8(5-6)10(13)14)9(12)11(2)15-3/h6-8H,4-5H2,1-3H3,(H,13,14). The van der Waals surface area contributed by atoms with Crippen LogP contribution < -0.4 is 0 Å². The van der Waals surface area contributed by atoms with E-state index in [2.05, 4.69) is 0 Å². The van der Waals surface area contributed by atoms with Crippen molar-refractivity contribution in [3.05, 3.63) is 0 Å². The molecule has 0 radical (unpaired) electrons. The molecule has 1 fully saturated rings. The summed E-state index contributed by atoms with van der Waals surface area (Å²) in [6.07, 6.45) is 1.20. The van der Waals surface area contributed by atoms with Crippen LogP contribution in [0.5, 0.6) is 0 Å². The van der Waals surface area contributed by atoms with Gasteiger partial charge in [0.2, 0.25) is 5.91 Å². The Morgan fingerprint density at radius 2 is 1.87 bits per heavy atom. The Hall–Kier alpha value is -1.10. The number of rotatable bonds is 3. The predicted molar refractivity (Wildman–Crippen MR) is 52.8 cm³/mol. The maximum atomic E-state index is 11.8. The molecule has 3 unspecified atom stereocenters. The summed E-state index contributed by atoms with van der Waals surface area (Å²) in [7, 11) is 2.90. The monoisotopic (exact) mass is 215 g/mol. The van der Waals surface area contributed by atoms with Gasteiger partial charge >= 0.3 is 5.97 Å². The van der Waals surface area contributed by atoms with Gasteiger partial charge in [-0.1, -0.05) is 6.92 Å². The molecular weight excluding hydrogens is 198 g/mol. The lowest BCUT2D eigenvalue weighted by Crippen LogP contribution is -2.36. The molecule has 1 rings (SSSR count). The molecule has 1 saturated carbocycles. The molecule has 0 heterocycles. The smallest absolute Gasteiger partial charge is 0.307 e. The van der Waals surface area contributed by atoms with Crippen molar-refractivity contribution < 1.29 is 19.5 Å². The van der Waals surface area contributed by atoms with E-state index in [1.807, 2.05) is 6.92 Å². The van der Waals surface area contributed by atoms with E-state index in [1.165, 1.54) is 14.2 Å². The van der Waals surface area contributed by atoms with Gasteiger partial charge in [0, 0.05) is 7.05 Å². The van der Waals surface area contributed by atoms with Gasteiger partial charge in [0.05, 0.1) is 18.9 Å². The minimum absolute atomic E-state index is 0.241. The molecule has 0 saturated heterocycles. The van der Waals surface area contributed by atoms with Crippen molar-refractivity contribution in [2.24, 2.45) is 17.8 Å². The van der Waals surface area contributed by atoms with Crippen LogP contribution in [0.25, 0.3) is 0 Å². The van der Waals surface area contributed by atoms with E-state index in [0.29, 0.717) is 12.8 Å². The van der Waals surface area contributed by atoms with Crippen molar-refractivity contribution in [3.8, 4) is 0 Å². The maximum absolute atomic E-state index is 11.8. The fourth-order valence-corrected chi connectivity index (χ4v) is 2.16. The largest absolute Gasteiger partial charge is 0.481 e. The van der Waals surface area contributed by atoms with Crippen LogP contribution >= 0.6 is 0 Å². The van der Waals surface area contributed by atoms with Crippen molar-refractivity contribution in [1.29, 1.82) is 0 Å². The summed E-state index contributed by atoms with van der Waals surface area (Å²) in [5.74, 6) is -1.85. The fourth-order valence-electron chi connectivity index (χ4n) is 2.16. The van der Waals surface area contributed by atoms with Crippen molar-refractivity contribution in [2.75, 3.05) is 14.2 Å². The van der Waals surface area contributed by atoms with Gasteiger partial charge in [-0.3, -0.25) is 14.4 Å². The molecule has 5 nitrogen and oxygen atoms in total. The number of carboxylic acids is 1. The average Bonchev–Trinajstić information content (AvgIpc) is 2.58. The number of aliphatic carboxylic acids is 1. The average molecular weight is 215 g/mol. The Bertz CT molecular complexity index is 266. The molecule has 3 atom stereocenters. The van der Waals surface area contributed by atoms with Crippen LogP contribution in [0.4, 0.5) is 0 Å². The van der Waals surface area contributed by atoms with E-state index >= 15 is 0 Å². The summed E-state index contributed by atoms with van der Waals surface area (Å²) in [6, 6.07) is 0. The van der Waals surface area contributed by atoms with Gasteiger partial charge < -0.3 is 5.11 Å². The quantitative estimate of drug-likeness (QED) is 0.705. The molecule has 1 N–H and O–H groups in total. The third kappa shape index (κ3) is 2.47. The highest BCUT2D eigenvalue weighted by Gasteiger charge is 2.42. The molecule has 0 aromatic rings. The molecular formula is C10H17NO4. The van der Waals surface area contributed by atoms with Crippen LogP contribution in [-0.2, 0) is 14.4 Å². The van der Waals surface area contributed by atoms with Crippen LogP contribution in [0.15, 0.2) is 0 Å². The number of hydroxylamine groups is 2. The molecule has 0 spiro atoms. The van der Waals surface area contributed by atoms with Gasteiger partial charge in [0.15, 0.2) is 0 Å². The predicted octanol–water partition coefficient (Wildman–Crippen LogP) is 0.753. The minimum Gasteiger partial charge on any atom is -0.481 e. The lowest BCUT2D eigenvalue weighted by Gasteiger charge is -2.20. The Labute approximate surface area is 89.0 Å². The van der Waals surface area contributed by atoms with Crippen LogP contribution in [0, 0.1) is 17.8 Å². The van der Waals surface area contributed by atoms with Gasteiger partial charge in [-0.15, -0.1) is 0 Å². The topological polar surface area (TPSA) is 66.8 Å². The Kier molecular flexibility index (Phi) is 3.68. The van der Waals surface area contributed by atoms with Crippen LogP contribution in [0.2, 0.25) is 0 Å². The number of amides is 1. The second kappa shape index (κ2) is 4.61. The number of hydrogen-bond donors (Lipinski definition) is 1. The first-order valence-electron chi connectivity index (χ1n) is 5.01. The number of hydrogen-bond acceptors (Lipinski definition) is 3. The van der Waals surface area contributed by atoms with E-state index in [0.717, 1.165) is 5.06 Å². The third-order valence-electron chi connectivity index (χ3n) is 3.02. The lowest BCUT2D eigenvalue weighted by atomic mass is 9.95. The molecule has 0 aliphatic heterocycles. The molecule has 0 aromatic carbocycles. The first kappa shape index (κ1) is 12.0. The Morgan fingerprint density at radius 1 is 1.33 bits per heavy atom. The summed E-state index contributed by atoms with van der Waals surface area (Å²) in [6.45, 7) is 1.97. The Morgan fingerprint density at radius 3 is 2.33 bits per heavy atom. The molecule has 86 valence electrons. The molecule has 0 bridgehead atoms. The normalized spacial score (nSPS) is 30.2. The third-order valence-corrected chi connectivity index (χ3v) is 3.02. The zero-order chi connectivity index (χ0) is 11.6. The van der Waals surface area contributed by atoms with Gasteiger partial charge in [-0.2, -0.15) is 0 Å². The second-order valence-electron chi connectivity index (χ2n) is 4.15. The maximum Gasteiger partial charge on any atom is 0.307 e. The van der Waals surface area contributed by atoms with Crippen LogP contribution in [0.3, 0.4) is 0 Å². The van der Waals surface area contributed by atoms with E-state index in [9.17, 15) is 9.59 Å². The number of carbonyl (C=O) groups excluding carboxylic acids is 1. The van der Waals surface area contributed by atoms with Gasteiger partial charge in [0.1, 0.15) is 0 Å². The van der Waals surface area contributed by atoms with Crippen molar-refractivity contribution in [1.82, 2.24) is 5.06 Å². The van der Waals surface area contributed by atoms with Crippen LogP contribution in [0.1, 0.15) is 19.8 Å². The molecule has 0 aromatic heterocycles. The molecule has 5 heteroatoms. The highest BCUT2D eigenvalue weighted by Crippen LogP contribution is 2.37. The van der Waals surface area contributed by atoms with E-state index in [-0.39, 0.29) is 11.8 Å². The molecule has 1 amide bonds. The summed E-state index contributed by atoms with van der Waals surface area (Å²) in [5, 5.41) is 10.1. The summed E-state index contributed by atoms with van der Waals surface area (Å²) >= 11 is 0. The molecule has 1 aliphatic rings. The van der Waals surface area contributed by atoms with E-state index < -0.39 is 17.8 Å². The fraction of sp³-hybridized carbons (Fsp3) is 0.800.